The third-order valence-corrected chi connectivity index (χ3v) is 2.38. The summed E-state index contributed by atoms with van der Waals surface area (Å²) < 4.78 is 10.7. The first-order valence-electron chi connectivity index (χ1n) is 5.35. The van der Waals surface area contributed by atoms with E-state index >= 15 is 0 Å². The Hall–Kier alpha value is -2.30. The predicted molar refractivity (Wildman–Crippen MR) is 67.8 cm³/mol. The number of benzene rings is 1. The van der Waals surface area contributed by atoms with Crippen molar-refractivity contribution in [3.63, 3.8) is 0 Å². The molecule has 0 atom stereocenters. The normalized spacial score (nSPS) is 9.61. The van der Waals surface area contributed by atoms with Crippen molar-refractivity contribution in [1.29, 1.82) is 0 Å². The number of rotatable bonds is 4. The molecule has 0 unspecified atom stereocenters. The Kier molecular flexibility index (Phi) is 3.62. The molecule has 1 aromatic carbocycles. The van der Waals surface area contributed by atoms with Gasteiger partial charge in [-0.15, -0.1) is 0 Å². The quantitative estimate of drug-likeness (QED) is 0.894. The molecule has 0 saturated heterocycles. The van der Waals surface area contributed by atoms with Crippen molar-refractivity contribution < 1.29 is 19.4 Å². The second-order valence-electron chi connectivity index (χ2n) is 3.59. The van der Waals surface area contributed by atoms with Gasteiger partial charge in [0.2, 0.25) is 0 Å². The summed E-state index contributed by atoms with van der Waals surface area (Å²) in [6.07, 6.45) is 0. The van der Waals surface area contributed by atoms with E-state index in [1.54, 1.807) is 5.96 Å². The van der Waals surface area contributed by atoms with Gasteiger partial charge in [0, 0.05) is 0 Å². The van der Waals surface area contributed by atoms with Gasteiger partial charge >= 0.3 is 104 Å². The average molecular weight is 242 g/mol. The number of carboxylic acids is 1. The number of hydrogen-bond acceptors (Lipinski definition) is 3. The number of carboxylic acid groups (broad SMARTS) is 1. The average Bonchev–Trinajstić information content (AvgIpc) is 2.40. The van der Waals surface area contributed by atoms with E-state index in [1.165, 1.54) is 20.1 Å². The Morgan fingerprint density at radius 3 is 2.56 bits per heavy atom. The van der Waals surface area contributed by atoms with Gasteiger partial charge in [-0.3, -0.25) is 0 Å². The number of ether oxygens (including phenoxy) is 2. The molecule has 0 fully saturated rings. The second kappa shape index (κ2) is 5.36. The van der Waals surface area contributed by atoms with Gasteiger partial charge in [-0.05, 0) is 0 Å². The van der Waals surface area contributed by atoms with Crippen LogP contribution >= 0.6 is 0 Å². The molecule has 0 spiro atoms. The topological polar surface area (TPSA) is 55.8 Å². The molecule has 18 heavy (non-hydrogen) atoms. The van der Waals surface area contributed by atoms with Crippen LogP contribution in [0.4, 0.5) is 0 Å². The number of methoxy groups -OCH3 is 1. The van der Waals surface area contributed by atoms with Crippen LogP contribution in [0.5, 0.6) is 17.2 Å². The SMILES string of the molecule is COc1cc(C(=O)O)bcc1Oc1ccccc1. The van der Waals surface area contributed by atoms with Crippen LogP contribution in [0.3, 0.4) is 0 Å². The number of carbonyl (C=O) groups is 1. The van der Waals surface area contributed by atoms with Gasteiger partial charge in [0.15, 0.2) is 0 Å². The molecule has 2 aromatic rings. The number of para-hydroxylation sites is 1. The maximum atomic E-state index is 10.8. The zero-order valence-electron chi connectivity index (χ0n) is 9.79. The third kappa shape index (κ3) is 2.68. The van der Waals surface area contributed by atoms with Crippen LogP contribution in [0.1, 0.15) is 10.3 Å². The fraction of sp³-hybridized carbons (Fsp3) is 0.0769. The Morgan fingerprint density at radius 2 is 1.94 bits per heavy atom. The van der Waals surface area contributed by atoms with Crippen LogP contribution in [0, 0.1) is 0 Å². The molecule has 2 rings (SSSR count). The first-order chi connectivity index (χ1) is 8.70. The molecule has 0 radical (unpaired) electrons. The fourth-order valence-electron chi connectivity index (χ4n) is 1.50. The maximum absolute atomic E-state index is 10.8. The molecule has 4 nitrogen and oxygen atoms in total. The molecule has 0 bridgehead atoms. The molecular formula is C13H11BO4. The molecule has 5 heteroatoms. The first-order valence-corrected chi connectivity index (χ1v) is 5.35. The third-order valence-electron chi connectivity index (χ3n) is 2.38. The van der Waals surface area contributed by atoms with Crippen LogP contribution < -0.4 is 9.47 Å². The monoisotopic (exact) mass is 242 g/mol. The van der Waals surface area contributed by atoms with E-state index < -0.39 is 5.97 Å². The van der Waals surface area contributed by atoms with Crippen molar-refractivity contribution in [3.8, 4) is 17.2 Å². The van der Waals surface area contributed by atoms with E-state index in [4.69, 9.17) is 14.6 Å². The van der Waals surface area contributed by atoms with Crippen molar-refractivity contribution in [2.75, 3.05) is 7.11 Å². The fourth-order valence-corrected chi connectivity index (χ4v) is 1.50. The summed E-state index contributed by atoms with van der Waals surface area (Å²) in [5.41, 5.74) is 0.160. The summed E-state index contributed by atoms with van der Waals surface area (Å²) in [6.45, 7) is 1.48. The summed E-state index contributed by atoms with van der Waals surface area (Å²) in [5, 5.41) is 8.89. The van der Waals surface area contributed by atoms with Crippen molar-refractivity contribution in [2.24, 2.45) is 0 Å². The van der Waals surface area contributed by atoms with E-state index in [0.29, 0.717) is 17.2 Å². The van der Waals surface area contributed by atoms with Gasteiger partial charge in [0.25, 0.3) is 0 Å². The van der Waals surface area contributed by atoms with Crippen LogP contribution in [-0.4, -0.2) is 25.1 Å². The Morgan fingerprint density at radius 1 is 1.22 bits per heavy atom. The van der Waals surface area contributed by atoms with E-state index in [0.717, 1.165) is 0 Å². The van der Waals surface area contributed by atoms with Crippen LogP contribution in [-0.2, 0) is 0 Å². The van der Waals surface area contributed by atoms with Crippen molar-refractivity contribution >= 4 is 12.9 Å². The van der Waals surface area contributed by atoms with Crippen molar-refractivity contribution in [1.82, 2.24) is 0 Å². The molecule has 0 aliphatic rings. The number of aromatic carboxylic acids is 1. The van der Waals surface area contributed by atoms with Gasteiger partial charge in [-0.2, -0.15) is 0 Å². The Labute approximate surface area is 105 Å². The minimum atomic E-state index is -1.00. The van der Waals surface area contributed by atoms with Crippen molar-refractivity contribution in [2.45, 2.75) is 0 Å². The molecule has 1 N–H and O–H groups in total. The Bertz CT molecular complexity index is 554. The summed E-state index contributed by atoms with van der Waals surface area (Å²) in [6, 6.07) is 10.6. The first kappa shape index (κ1) is 12.2. The molecule has 0 saturated carbocycles. The standard InChI is InChI=1S/C13H11BO4/c1-17-11-7-10(13(15)16)14-8-12(11)18-9-5-3-2-4-6-9/h2-8H,1H3,(H,15,16). The van der Waals surface area contributed by atoms with Gasteiger partial charge in [0.05, 0.1) is 0 Å². The molecule has 90 valence electrons. The number of hydrogen-bond donors (Lipinski definition) is 1. The van der Waals surface area contributed by atoms with Crippen LogP contribution in [0.2, 0.25) is 0 Å². The second-order valence-corrected chi connectivity index (χ2v) is 3.59. The zero-order valence-corrected chi connectivity index (χ0v) is 9.79. The van der Waals surface area contributed by atoms with E-state index in [1.807, 2.05) is 30.3 Å². The molecule has 0 amide bonds. The predicted octanol–water partition coefficient (Wildman–Crippen LogP) is 2.52. The van der Waals surface area contributed by atoms with Crippen LogP contribution in [0.15, 0.2) is 42.4 Å². The van der Waals surface area contributed by atoms with E-state index in [-0.39, 0.29) is 5.46 Å². The van der Waals surface area contributed by atoms with E-state index in [9.17, 15) is 4.79 Å². The van der Waals surface area contributed by atoms with E-state index in [2.05, 4.69) is 0 Å². The van der Waals surface area contributed by atoms with Crippen molar-refractivity contribution in [3.05, 3.63) is 47.8 Å². The molecule has 1 aromatic heterocycles. The summed E-state index contributed by atoms with van der Waals surface area (Å²) >= 11 is 0. The van der Waals surface area contributed by atoms with Gasteiger partial charge < -0.3 is 0 Å². The minimum absolute atomic E-state index is 0.160. The molecular weight excluding hydrogens is 231 g/mol. The van der Waals surface area contributed by atoms with Gasteiger partial charge in [0.1, 0.15) is 0 Å². The van der Waals surface area contributed by atoms with Gasteiger partial charge in [-0.25, -0.2) is 0 Å². The zero-order chi connectivity index (χ0) is 13.0. The Balaban J connectivity index is 2.31. The molecule has 0 aliphatic heterocycles. The van der Waals surface area contributed by atoms with Gasteiger partial charge in [-0.1, -0.05) is 0 Å². The summed E-state index contributed by atoms with van der Waals surface area (Å²) in [4.78, 5) is 10.8. The summed E-state index contributed by atoms with van der Waals surface area (Å²) in [5.74, 6) is 2.11. The molecule has 0 aliphatic carbocycles. The molecule has 1 heterocycles. The summed E-state index contributed by atoms with van der Waals surface area (Å²) in [7, 11) is 1.47. The van der Waals surface area contributed by atoms with Crippen LogP contribution in [0.25, 0.3) is 0 Å².